The van der Waals surface area contributed by atoms with Crippen LogP contribution >= 0.6 is 0 Å². The Balaban J connectivity index is 0. The monoisotopic (exact) mass is 365 g/mol. The van der Waals surface area contributed by atoms with Gasteiger partial charge in [-0.3, -0.25) is 0 Å². The minimum atomic E-state index is 0.239. The zero-order chi connectivity index (χ0) is 19.7. The maximum absolute atomic E-state index is 10.6. The van der Waals surface area contributed by atoms with E-state index in [0.29, 0.717) is 0 Å². The number of nitrogens with zero attached hydrogens (tertiary/aromatic N) is 1. The second-order valence-electron chi connectivity index (χ2n) is 7.46. The van der Waals surface area contributed by atoms with Gasteiger partial charge in [0.15, 0.2) is 0 Å². The minimum absolute atomic E-state index is 0.239. The van der Waals surface area contributed by atoms with Crippen LogP contribution in [0.15, 0.2) is 17.6 Å². The van der Waals surface area contributed by atoms with Crippen LogP contribution in [0, 0.1) is 0 Å². The smallest absolute Gasteiger partial charge is 0.211 e. The molecule has 0 saturated heterocycles. The molecule has 0 aliphatic rings. The molecule has 0 fully saturated rings. The highest BCUT2D eigenvalue weighted by molar-refractivity contribution is 5.33. The summed E-state index contributed by atoms with van der Waals surface area (Å²) in [6.45, 7) is 9.77. The highest BCUT2D eigenvalue weighted by atomic mass is 16.1. The van der Waals surface area contributed by atoms with Crippen LogP contribution in [0.1, 0.15) is 130 Å². The molecule has 2 nitrogen and oxygen atoms in total. The van der Waals surface area contributed by atoms with Crippen molar-refractivity contribution < 1.29 is 4.79 Å². The lowest BCUT2D eigenvalue weighted by molar-refractivity contribution is 0.477. The standard InChI is InChI=1S/C21H41NO.C3H6/c1-3-5-7-9-11-13-15-17-19-21(22-20-23)18-16-14-12-10-8-6-4-2;1-3-2/h21H,3-19H2,1-2H3;3H,1H2,2H3. The number of hydrogen-bond acceptors (Lipinski definition) is 2. The summed E-state index contributed by atoms with van der Waals surface area (Å²) in [5.41, 5.74) is 0. The Kier molecular flexibility index (Phi) is 27.7. The molecular formula is C24H47NO. The van der Waals surface area contributed by atoms with E-state index in [4.69, 9.17) is 0 Å². The molecule has 26 heavy (non-hydrogen) atoms. The van der Waals surface area contributed by atoms with Crippen LogP contribution < -0.4 is 0 Å². The maximum atomic E-state index is 10.6. The maximum Gasteiger partial charge on any atom is 0.235 e. The van der Waals surface area contributed by atoms with Gasteiger partial charge in [-0.25, -0.2) is 9.79 Å². The predicted octanol–water partition coefficient (Wildman–Crippen LogP) is 8.55. The van der Waals surface area contributed by atoms with E-state index in [0.717, 1.165) is 12.8 Å². The molecule has 0 N–H and O–H groups in total. The third kappa shape index (κ3) is 25.4. The van der Waals surface area contributed by atoms with Gasteiger partial charge in [-0.15, -0.1) is 6.58 Å². The van der Waals surface area contributed by atoms with E-state index in [-0.39, 0.29) is 6.04 Å². The summed E-state index contributed by atoms with van der Waals surface area (Å²) in [6, 6.07) is 0.239. The SMILES string of the molecule is C=CC.CCCCCCCCCCC(CCCCCCCCC)N=C=O. The fraction of sp³-hybridized carbons (Fsp3) is 0.875. The number of carbonyl (C=O) groups excluding carboxylic acids is 1. The lowest BCUT2D eigenvalue weighted by Gasteiger charge is -2.10. The van der Waals surface area contributed by atoms with Gasteiger partial charge in [-0.1, -0.05) is 116 Å². The first-order chi connectivity index (χ1) is 12.8. The summed E-state index contributed by atoms with van der Waals surface area (Å²) < 4.78 is 0. The first-order valence-electron chi connectivity index (χ1n) is 11.4. The fourth-order valence-electron chi connectivity index (χ4n) is 3.20. The Bertz CT molecular complexity index is 307. The van der Waals surface area contributed by atoms with Crippen molar-refractivity contribution in [2.45, 2.75) is 136 Å². The molecule has 0 bridgehead atoms. The van der Waals surface area contributed by atoms with Crippen molar-refractivity contribution in [1.82, 2.24) is 0 Å². The molecule has 0 aromatic heterocycles. The Hall–Kier alpha value is -0.880. The Morgan fingerprint density at radius 1 is 0.731 bits per heavy atom. The molecule has 154 valence electrons. The molecule has 2 heteroatoms. The quantitative estimate of drug-likeness (QED) is 0.103. The van der Waals surface area contributed by atoms with E-state index in [2.05, 4.69) is 25.4 Å². The fourth-order valence-corrected chi connectivity index (χ4v) is 3.20. The van der Waals surface area contributed by atoms with Crippen molar-refractivity contribution in [3.8, 4) is 0 Å². The highest BCUT2D eigenvalue weighted by Gasteiger charge is 2.06. The molecule has 0 aromatic carbocycles. The van der Waals surface area contributed by atoms with E-state index >= 15 is 0 Å². The predicted molar refractivity (Wildman–Crippen MR) is 118 cm³/mol. The second kappa shape index (κ2) is 26.4. The molecule has 1 unspecified atom stereocenters. The molecular weight excluding hydrogens is 318 g/mol. The zero-order valence-electron chi connectivity index (χ0n) is 18.2. The summed E-state index contributed by atoms with van der Waals surface area (Å²) in [7, 11) is 0. The van der Waals surface area contributed by atoms with Crippen molar-refractivity contribution in [3.05, 3.63) is 12.7 Å². The lowest BCUT2D eigenvalue weighted by Crippen LogP contribution is -2.04. The molecule has 0 spiro atoms. The van der Waals surface area contributed by atoms with Crippen LogP contribution in [0.25, 0.3) is 0 Å². The third-order valence-corrected chi connectivity index (χ3v) is 4.77. The number of hydrogen-bond donors (Lipinski definition) is 0. The Morgan fingerprint density at radius 3 is 1.35 bits per heavy atom. The highest BCUT2D eigenvalue weighted by Crippen LogP contribution is 2.16. The zero-order valence-corrected chi connectivity index (χ0v) is 18.2. The first kappa shape index (κ1) is 27.3. The average Bonchev–Trinajstić information content (AvgIpc) is 2.63. The van der Waals surface area contributed by atoms with Crippen LogP contribution in [0.2, 0.25) is 0 Å². The Labute approximate surface area is 165 Å². The number of isocyanates is 1. The molecule has 0 rings (SSSR count). The summed E-state index contributed by atoms with van der Waals surface area (Å²) >= 11 is 0. The summed E-state index contributed by atoms with van der Waals surface area (Å²) in [6.07, 6.45) is 25.7. The van der Waals surface area contributed by atoms with E-state index in [1.54, 1.807) is 12.2 Å². The van der Waals surface area contributed by atoms with Crippen molar-refractivity contribution >= 4 is 6.08 Å². The van der Waals surface area contributed by atoms with E-state index < -0.39 is 0 Å². The molecule has 0 radical (unpaired) electrons. The summed E-state index contributed by atoms with van der Waals surface area (Å²) in [5, 5.41) is 0. The third-order valence-electron chi connectivity index (χ3n) is 4.77. The number of aliphatic imine (C=N–C) groups is 1. The summed E-state index contributed by atoms with van der Waals surface area (Å²) in [4.78, 5) is 14.6. The number of allylic oxidation sites excluding steroid dienone is 1. The second-order valence-corrected chi connectivity index (χ2v) is 7.46. The van der Waals surface area contributed by atoms with Gasteiger partial charge in [0.25, 0.3) is 0 Å². The average molecular weight is 366 g/mol. The van der Waals surface area contributed by atoms with E-state index in [9.17, 15) is 4.79 Å². The lowest BCUT2D eigenvalue weighted by atomic mass is 10.0. The molecule has 1 atom stereocenters. The molecule has 0 saturated carbocycles. The van der Waals surface area contributed by atoms with Crippen LogP contribution in [0.4, 0.5) is 0 Å². The van der Waals surface area contributed by atoms with Crippen LogP contribution in [0.3, 0.4) is 0 Å². The van der Waals surface area contributed by atoms with Gasteiger partial charge in [-0.2, -0.15) is 0 Å². The van der Waals surface area contributed by atoms with Crippen molar-refractivity contribution in [2.24, 2.45) is 4.99 Å². The van der Waals surface area contributed by atoms with Gasteiger partial charge in [0.05, 0.1) is 6.04 Å². The topological polar surface area (TPSA) is 29.4 Å². The summed E-state index contributed by atoms with van der Waals surface area (Å²) in [5.74, 6) is 0. The van der Waals surface area contributed by atoms with Gasteiger partial charge in [-0.05, 0) is 19.8 Å². The molecule has 0 aliphatic heterocycles. The number of rotatable bonds is 18. The van der Waals surface area contributed by atoms with Crippen molar-refractivity contribution in [3.63, 3.8) is 0 Å². The van der Waals surface area contributed by atoms with Crippen molar-refractivity contribution in [2.75, 3.05) is 0 Å². The van der Waals surface area contributed by atoms with Crippen LogP contribution in [-0.2, 0) is 4.79 Å². The normalized spacial score (nSPS) is 11.2. The van der Waals surface area contributed by atoms with E-state index in [1.807, 2.05) is 6.92 Å². The van der Waals surface area contributed by atoms with Crippen molar-refractivity contribution in [1.29, 1.82) is 0 Å². The first-order valence-corrected chi connectivity index (χ1v) is 11.4. The molecule has 0 aliphatic carbocycles. The largest absolute Gasteiger partial charge is 0.235 e. The van der Waals surface area contributed by atoms with Gasteiger partial charge in [0, 0.05) is 0 Å². The van der Waals surface area contributed by atoms with Gasteiger partial charge < -0.3 is 0 Å². The van der Waals surface area contributed by atoms with Gasteiger partial charge >= 0.3 is 0 Å². The van der Waals surface area contributed by atoms with Crippen LogP contribution in [0.5, 0.6) is 0 Å². The van der Waals surface area contributed by atoms with E-state index in [1.165, 1.54) is 96.3 Å². The Morgan fingerprint density at radius 2 is 1.04 bits per heavy atom. The molecule has 0 heterocycles. The molecule has 0 amide bonds. The number of unbranched alkanes of at least 4 members (excludes halogenated alkanes) is 13. The minimum Gasteiger partial charge on any atom is -0.211 e. The van der Waals surface area contributed by atoms with Crippen LogP contribution in [-0.4, -0.2) is 12.1 Å². The van der Waals surface area contributed by atoms with Gasteiger partial charge in [0.2, 0.25) is 6.08 Å². The van der Waals surface area contributed by atoms with Gasteiger partial charge in [0.1, 0.15) is 0 Å². The molecule has 0 aromatic rings.